The van der Waals surface area contributed by atoms with Crippen LogP contribution in [-0.2, 0) is 15.1 Å². The molecule has 4 amide bonds. The van der Waals surface area contributed by atoms with Gasteiger partial charge in [0, 0.05) is 6.42 Å². The maximum absolute atomic E-state index is 13.6. The summed E-state index contributed by atoms with van der Waals surface area (Å²) in [6.07, 6.45) is 3.13. The molecule has 36 heavy (non-hydrogen) atoms. The molecule has 184 valence electrons. The Kier molecular flexibility index (Phi) is 6.18. The molecular formula is C28H28N4O4. The third-order valence-electron chi connectivity index (χ3n) is 6.78. The van der Waals surface area contributed by atoms with Gasteiger partial charge in [-0.05, 0) is 36.6 Å². The summed E-state index contributed by atoms with van der Waals surface area (Å²) >= 11 is 0. The number of urea groups is 1. The van der Waals surface area contributed by atoms with Gasteiger partial charge in [-0.3, -0.25) is 14.5 Å². The normalized spacial score (nSPS) is 21.6. The summed E-state index contributed by atoms with van der Waals surface area (Å²) in [5, 5.41) is 8.83. The number of amides is 4. The van der Waals surface area contributed by atoms with Crippen molar-refractivity contribution in [1.82, 2.24) is 15.2 Å². The summed E-state index contributed by atoms with van der Waals surface area (Å²) < 4.78 is 5.61. The Morgan fingerprint density at radius 2 is 1.83 bits per heavy atom. The van der Waals surface area contributed by atoms with E-state index in [-0.39, 0.29) is 0 Å². The van der Waals surface area contributed by atoms with Crippen LogP contribution in [0.4, 0.5) is 4.79 Å². The third-order valence-corrected chi connectivity index (χ3v) is 6.78. The topological polar surface area (TPSA) is 95.2 Å². The quantitative estimate of drug-likeness (QED) is 0.499. The third kappa shape index (κ3) is 4.08. The van der Waals surface area contributed by atoms with Gasteiger partial charge in [0.15, 0.2) is 0 Å². The van der Waals surface area contributed by atoms with Gasteiger partial charge in [-0.1, -0.05) is 73.5 Å². The fourth-order valence-corrected chi connectivity index (χ4v) is 4.95. The van der Waals surface area contributed by atoms with E-state index in [9.17, 15) is 14.4 Å². The summed E-state index contributed by atoms with van der Waals surface area (Å²) in [5.74, 6) is -0.288. The zero-order valence-corrected chi connectivity index (χ0v) is 20.3. The number of hydrazone groups is 1. The fourth-order valence-electron chi connectivity index (χ4n) is 4.95. The summed E-state index contributed by atoms with van der Waals surface area (Å²) in [5.41, 5.74) is 2.30. The highest BCUT2D eigenvalue weighted by molar-refractivity contribution is 6.10. The van der Waals surface area contributed by atoms with Crippen LogP contribution in [0.25, 0.3) is 0 Å². The van der Waals surface area contributed by atoms with E-state index < -0.39 is 36.0 Å². The maximum atomic E-state index is 13.6. The molecule has 2 aliphatic heterocycles. The largest absolute Gasteiger partial charge is 0.467 e. The number of aryl methyl sites for hydroxylation is 1. The standard InChI is InChI=1S/C28H28N4O4/c1-3-15-28(21-8-5-4-6-9-21)26(34)31(27(35)29-28)18-25(33)32-23(24-10-7-16-36-24)17-22(30-32)20-13-11-19(2)12-14-20/h4-14,16,23H,3,15,17-18H2,1-2H3,(H,29,35)/t23-,28-/m1/s1. The molecule has 8 heteroatoms. The molecule has 1 saturated heterocycles. The van der Waals surface area contributed by atoms with Gasteiger partial charge in [0.05, 0.1) is 12.0 Å². The molecule has 1 aromatic heterocycles. The number of nitrogens with one attached hydrogen (secondary N) is 1. The predicted molar refractivity (Wildman–Crippen MR) is 134 cm³/mol. The molecule has 1 N–H and O–H groups in total. The average molecular weight is 485 g/mol. The first-order valence-electron chi connectivity index (χ1n) is 12.1. The van der Waals surface area contributed by atoms with Crippen LogP contribution < -0.4 is 5.32 Å². The summed E-state index contributed by atoms with van der Waals surface area (Å²) in [6.45, 7) is 3.55. The van der Waals surface area contributed by atoms with E-state index in [1.54, 1.807) is 18.4 Å². The lowest BCUT2D eigenvalue weighted by Crippen LogP contribution is -2.45. The number of carbonyl (C=O) groups is 3. The first kappa shape index (κ1) is 23.5. The zero-order chi connectivity index (χ0) is 25.3. The molecule has 0 saturated carbocycles. The van der Waals surface area contributed by atoms with Crippen LogP contribution in [-0.4, -0.2) is 40.0 Å². The van der Waals surface area contributed by atoms with Gasteiger partial charge >= 0.3 is 6.03 Å². The van der Waals surface area contributed by atoms with Gasteiger partial charge in [-0.2, -0.15) is 5.10 Å². The van der Waals surface area contributed by atoms with Gasteiger partial charge in [0.25, 0.3) is 11.8 Å². The van der Waals surface area contributed by atoms with Crippen molar-refractivity contribution in [2.45, 2.75) is 44.7 Å². The van der Waals surface area contributed by atoms with Gasteiger partial charge in [0.1, 0.15) is 23.9 Å². The molecule has 0 spiro atoms. The van der Waals surface area contributed by atoms with Crippen LogP contribution in [0.3, 0.4) is 0 Å². The molecule has 0 aliphatic carbocycles. The van der Waals surface area contributed by atoms with Crippen LogP contribution in [0.1, 0.15) is 54.7 Å². The van der Waals surface area contributed by atoms with Crippen LogP contribution in [0.15, 0.2) is 82.5 Å². The first-order chi connectivity index (χ1) is 17.4. The fraction of sp³-hybridized carbons (Fsp3) is 0.286. The molecule has 2 aromatic carbocycles. The Morgan fingerprint density at radius 1 is 1.08 bits per heavy atom. The Hall–Kier alpha value is -4.20. The van der Waals surface area contributed by atoms with Crippen molar-refractivity contribution in [3.05, 3.63) is 95.4 Å². The molecule has 2 atom stereocenters. The highest BCUT2D eigenvalue weighted by Gasteiger charge is 2.52. The number of carbonyl (C=O) groups excluding carboxylic acids is 3. The van der Waals surface area contributed by atoms with Crippen molar-refractivity contribution in [2.24, 2.45) is 5.10 Å². The summed E-state index contributed by atoms with van der Waals surface area (Å²) in [6, 6.07) is 19.6. The van der Waals surface area contributed by atoms with Gasteiger partial charge in [-0.25, -0.2) is 9.80 Å². The van der Waals surface area contributed by atoms with E-state index in [0.717, 1.165) is 21.7 Å². The Balaban J connectivity index is 1.43. The minimum Gasteiger partial charge on any atom is -0.467 e. The van der Waals surface area contributed by atoms with Crippen molar-refractivity contribution in [3.63, 3.8) is 0 Å². The molecule has 0 unspecified atom stereocenters. The molecular weight excluding hydrogens is 456 g/mol. The van der Waals surface area contributed by atoms with Crippen LogP contribution in [0.2, 0.25) is 0 Å². The summed E-state index contributed by atoms with van der Waals surface area (Å²) in [7, 11) is 0. The number of furan rings is 1. The number of hydrogen-bond donors (Lipinski definition) is 1. The number of imide groups is 1. The van der Waals surface area contributed by atoms with Crippen LogP contribution in [0, 0.1) is 6.92 Å². The molecule has 3 heterocycles. The molecule has 0 bridgehead atoms. The molecule has 3 aromatic rings. The molecule has 0 radical (unpaired) electrons. The lowest BCUT2D eigenvalue weighted by molar-refractivity contribution is -0.140. The average Bonchev–Trinajstić information content (AvgIpc) is 3.62. The second-order valence-electron chi connectivity index (χ2n) is 9.23. The van der Waals surface area contributed by atoms with Crippen molar-refractivity contribution in [2.75, 3.05) is 6.54 Å². The number of nitrogens with zero attached hydrogens (tertiary/aromatic N) is 3. The van der Waals surface area contributed by atoms with E-state index in [1.165, 1.54) is 5.01 Å². The Morgan fingerprint density at radius 3 is 2.50 bits per heavy atom. The number of rotatable bonds is 7. The lowest BCUT2D eigenvalue weighted by atomic mass is 9.85. The first-order valence-corrected chi connectivity index (χ1v) is 12.1. The minimum absolute atomic E-state index is 0.412. The molecule has 1 fully saturated rings. The number of benzene rings is 2. The highest BCUT2D eigenvalue weighted by atomic mass is 16.3. The summed E-state index contributed by atoms with van der Waals surface area (Å²) in [4.78, 5) is 41.2. The van der Waals surface area contributed by atoms with Crippen molar-refractivity contribution in [3.8, 4) is 0 Å². The maximum Gasteiger partial charge on any atom is 0.325 e. The Bertz CT molecular complexity index is 1300. The SMILES string of the molecule is CCC[C@]1(c2ccccc2)NC(=O)N(CC(=O)N2N=C(c3ccc(C)cc3)C[C@@H]2c2ccco2)C1=O. The molecule has 8 nitrogen and oxygen atoms in total. The van der Waals surface area contributed by atoms with Crippen molar-refractivity contribution in [1.29, 1.82) is 0 Å². The van der Waals surface area contributed by atoms with Crippen molar-refractivity contribution >= 4 is 23.6 Å². The second kappa shape index (κ2) is 9.45. The lowest BCUT2D eigenvalue weighted by Gasteiger charge is -2.27. The van der Waals surface area contributed by atoms with E-state index in [2.05, 4.69) is 10.4 Å². The van der Waals surface area contributed by atoms with Gasteiger partial charge < -0.3 is 9.73 Å². The predicted octanol–water partition coefficient (Wildman–Crippen LogP) is 4.51. The zero-order valence-electron chi connectivity index (χ0n) is 20.3. The monoisotopic (exact) mass is 484 g/mol. The van der Waals surface area contributed by atoms with Gasteiger partial charge in [0.2, 0.25) is 0 Å². The van der Waals surface area contributed by atoms with Crippen LogP contribution >= 0.6 is 0 Å². The Labute approximate surface area is 209 Å². The van der Waals surface area contributed by atoms with Gasteiger partial charge in [-0.15, -0.1) is 0 Å². The van der Waals surface area contributed by atoms with E-state index >= 15 is 0 Å². The van der Waals surface area contributed by atoms with Crippen molar-refractivity contribution < 1.29 is 18.8 Å². The van der Waals surface area contributed by atoms with E-state index in [1.807, 2.05) is 68.4 Å². The number of hydrogen-bond acceptors (Lipinski definition) is 5. The van der Waals surface area contributed by atoms with E-state index in [0.29, 0.717) is 30.6 Å². The smallest absolute Gasteiger partial charge is 0.325 e. The highest BCUT2D eigenvalue weighted by Crippen LogP contribution is 2.36. The second-order valence-corrected chi connectivity index (χ2v) is 9.23. The minimum atomic E-state index is -1.19. The van der Waals surface area contributed by atoms with E-state index in [4.69, 9.17) is 4.42 Å². The molecule has 2 aliphatic rings. The van der Waals surface area contributed by atoms with Crippen LogP contribution in [0.5, 0.6) is 0 Å². The molecule has 5 rings (SSSR count).